The zero-order valence-electron chi connectivity index (χ0n) is 12.1. The predicted octanol–water partition coefficient (Wildman–Crippen LogP) is 3.25. The number of nitriles is 1. The zero-order valence-corrected chi connectivity index (χ0v) is 12.1. The van der Waals surface area contributed by atoms with Crippen molar-refractivity contribution < 1.29 is 9.47 Å². The summed E-state index contributed by atoms with van der Waals surface area (Å²) in [6.45, 7) is 4.42. The van der Waals surface area contributed by atoms with Crippen molar-refractivity contribution in [2.45, 2.75) is 32.5 Å². The second-order valence-electron chi connectivity index (χ2n) is 5.69. The first-order valence-corrected chi connectivity index (χ1v) is 6.87. The molecule has 0 bridgehead atoms. The molecule has 0 aliphatic carbocycles. The summed E-state index contributed by atoms with van der Waals surface area (Å²) >= 11 is 0. The second kappa shape index (κ2) is 5.10. The summed E-state index contributed by atoms with van der Waals surface area (Å²) in [6.07, 6.45) is 2.48. The minimum Gasteiger partial charge on any atom is -0.485 e. The predicted molar refractivity (Wildman–Crippen MR) is 78.1 cm³/mol. The summed E-state index contributed by atoms with van der Waals surface area (Å²) in [5.41, 5.74) is 2.12. The van der Waals surface area contributed by atoms with Gasteiger partial charge in [0.1, 0.15) is 24.0 Å². The number of hydrogen-bond donors (Lipinski definition) is 0. The number of aromatic nitrogens is 1. The molecule has 2 aromatic rings. The molecule has 1 aliphatic rings. The summed E-state index contributed by atoms with van der Waals surface area (Å²) < 4.78 is 11.8. The largest absolute Gasteiger partial charge is 0.485 e. The average molecular weight is 280 g/mol. The molecule has 2 heterocycles. The third kappa shape index (κ3) is 2.68. The van der Waals surface area contributed by atoms with Gasteiger partial charge in [-0.3, -0.25) is 0 Å². The van der Waals surface area contributed by atoms with Gasteiger partial charge in [0.25, 0.3) is 0 Å². The molecule has 0 fully saturated rings. The molecule has 3 rings (SSSR count). The van der Waals surface area contributed by atoms with E-state index in [1.54, 1.807) is 12.3 Å². The lowest BCUT2D eigenvalue weighted by molar-refractivity contribution is 0.131. The van der Waals surface area contributed by atoms with Gasteiger partial charge in [0.2, 0.25) is 0 Å². The molecule has 4 heteroatoms. The van der Waals surface area contributed by atoms with Crippen LogP contribution in [0.3, 0.4) is 0 Å². The third-order valence-corrected chi connectivity index (χ3v) is 3.44. The lowest BCUT2D eigenvalue weighted by atomic mass is 10.0. The first-order chi connectivity index (χ1) is 10.1. The number of benzene rings is 1. The number of pyridine rings is 1. The van der Waals surface area contributed by atoms with E-state index in [0.29, 0.717) is 18.1 Å². The Labute approximate surface area is 124 Å². The summed E-state index contributed by atoms with van der Waals surface area (Å²) in [7, 11) is 0. The number of para-hydroxylation sites is 1. The summed E-state index contributed by atoms with van der Waals surface area (Å²) in [4.78, 5) is 4.03. The molecule has 0 radical (unpaired) electrons. The van der Waals surface area contributed by atoms with Gasteiger partial charge in [-0.2, -0.15) is 5.26 Å². The molecule has 0 spiro atoms. The van der Waals surface area contributed by atoms with Crippen molar-refractivity contribution in [1.82, 2.24) is 4.98 Å². The van der Waals surface area contributed by atoms with Crippen LogP contribution in [0, 0.1) is 11.3 Å². The highest BCUT2D eigenvalue weighted by atomic mass is 16.5. The number of fused-ring (bicyclic) bond motifs is 1. The van der Waals surface area contributed by atoms with Crippen LogP contribution < -0.4 is 9.47 Å². The van der Waals surface area contributed by atoms with Crippen LogP contribution in [0.4, 0.5) is 0 Å². The standard InChI is InChI=1S/C17H16N2O2/c1-17(2)9-12-5-3-7-15(16(12)21-17)20-11-13-6-4-8-19-14(13)10-18/h3-8H,9,11H2,1-2H3. The minimum absolute atomic E-state index is 0.200. The lowest BCUT2D eigenvalue weighted by Gasteiger charge is -2.18. The van der Waals surface area contributed by atoms with Gasteiger partial charge >= 0.3 is 0 Å². The van der Waals surface area contributed by atoms with Gasteiger partial charge < -0.3 is 9.47 Å². The minimum atomic E-state index is -0.200. The molecular formula is C17H16N2O2. The van der Waals surface area contributed by atoms with Crippen LogP contribution in [-0.4, -0.2) is 10.6 Å². The van der Waals surface area contributed by atoms with E-state index in [4.69, 9.17) is 14.7 Å². The summed E-state index contributed by atoms with van der Waals surface area (Å²) in [6, 6.07) is 11.6. The molecule has 1 aromatic carbocycles. The van der Waals surface area contributed by atoms with E-state index in [2.05, 4.69) is 31.0 Å². The third-order valence-electron chi connectivity index (χ3n) is 3.44. The quantitative estimate of drug-likeness (QED) is 0.866. The van der Waals surface area contributed by atoms with E-state index >= 15 is 0 Å². The van der Waals surface area contributed by atoms with Gasteiger partial charge in [0.15, 0.2) is 11.5 Å². The highest BCUT2D eigenvalue weighted by molar-refractivity contribution is 5.50. The van der Waals surface area contributed by atoms with Crippen molar-refractivity contribution in [1.29, 1.82) is 5.26 Å². The van der Waals surface area contributed by atoms with Crippen molar-refractivity contribution >= 4 is 0 Å². The molecule has 0 saturated carbocycles. The maximum absolute atomic E-state index is 9.05. The molecule has 1 aliphatic heterocycles. The Morgan fingerprint density at radius 3 is 3.00 bits per heavy atom. The van der Waals surface area contributed by atoms with Crippen molar-refractivity contribution in [3.63, 3.8) is 0 Å². The fourth-order valence-corrected chi connectivity index (χ4v) is 2.51. The molecular weight excluding hydrogens is 264 g/mol. The number of rotatable bonds is 3. The number of hydrogen-bond acceptors (Lipinski definition) is 4. The van der Waals surface area contributed by atoms with Gasteiger partial charge in [-0.05, 0) is 26.0 Å². The van der Waals surface area contributed by atoms with E-state index in [-0.39, 0.29) is 5.60 Å². The average Bonchev–Trinajstić information content (AvgIpc) is 2.79. The van der Waals surface area contributed by atoms with E-state index < -0.39 is 0 Å². The molecule has 0 unspecified atom stereocenters. The molecule has 106 valence electrons. The van der Waals surface area contributed by atoms with Crippen LogP contribution in [0.15, 0.2) is 36.5 Å². The molecule has 0 saturated heterocycles. The van der Waals surface area contributed by atoms with E-state index in [0.717, 1.165) is 23.3 Å². The van der Waals surface area contributed by atoms with Crippen LogP contribution in [0.5, 0.6) is 11.5 Å². The van der Waals surface area contributed by atoms with Crippen LogP contribution in [0.25, 0.3) is 0 Å². The molecule has 21 heavy (non-hydrogen) atoms. The van der Waals surface area contributed by atoms with Crippen molar-refractivity contribution in [2.24, 2.45) is 0 Å². The Bertz CT molecular complexity index is 717. The highest BCUT2D eigenvalue weighted by Gasteiger charge is 2.32. The number of ether oxygens (including phenoxy) is 2. The highest BCUT2D eigenvalue weighted by Crippen LogP contribution is 2.41. The van der Waals surface area contributed by atoms with E-state index in [1.165, 1.54) is 0 Å². The first-order valence-electron chi connectivity index (χ1n) is 6.87. The summed E-state index contributed by atoms with van der Waals surface area (Å²) in [5, 5.41) is 9.05. The van der Waals surface area contributed by atoms with Crippen LogP contribution in [0.1, 0.15) is 30.7 Å². The monoisotopic (exact) mass is 280 g/mol. The Kier molecular flexibility index (Phi) is 3.26. The van der Waals surface area contributed by atoms with Gasteiger partial charge in [0.05, 0.1) is 0 Å². The molecule has 0 atom stereocenters. The van der Waals surface area contributed by atoms with Gasteiger partial charge in [-0.15, -0.1) is 0 Å². The van der Waals surface area contributed by atoms with E-state index in [9.17, 15) is 0 Å². The first kappa shape index (κ1) is 13.4. The Balaban J connectivity index is 1.82. The van der Waals surface area contributed by atoms with Gasteiger partial charge in [-0.1, -0.05) is 18.2 Å². The Morgan fingerprint density at radius 1 is 1.33 bits per heavy atom. The normalized spacial score (nSPS) is 14.9. The van der Waals surface area contributed by atoms with Crippen molar-refractivity contribution in [3.05, 3.63) is 53.3 Å². The van der Waals surface area contributed by atoms with Crippen LogP contribution in [-0.2, 0) is 13.0 Å². The van der Waals surface area contributed by atoms with Gasteiger partial charge in [0, 0.05) is 23.7 Å². The maximum Gasteiger partial charge on any atom is 0.165 e. The number of nitrogens with zero attached hydrogens (tertiary/aromatic N) is 2. The fraction of sp³-hybridized carbons (Fsp3) is 0.294. The van der Waals surface area contributed by atoms with Crippen LogP contribution in [0.2, 0.25) is 0 Å². The smallest absolute Gasteiger partial charge is 0.165 e. The lowest BCUT2D eigenvalue weighted by Crippen LogP contribution is -2.24. The zero-order chi connectivity index (χ0) is 14.9. The Morgan fingerprint density at radius 2 is 2.19 bits per heavy atom. The second-order valence-corrected chi connectivity index (χ2v) is 5.69. The van der Waals surface area contributed by atoms with Gasteiger partial charge in [-0.25, -0.2) is 4.98 Å². The van der Waals surface area contributed by atoms with Crippen LogP contribution >= 0.6 is 0 Å². The SMILES string of the molecule is CC1(C)Cc2cccc(OCc3cccnc3C#N)c2O1. The summed E-state index contributed by atoms with van der Waals surface area (Å²) in [5.74, 6) is 1.52. The fourth-order valence-electron chi connectivity index (χ4n) is 2.51. The van der Waals surface area contributed by atoms with E-state index in [1.807, 2.05) is 18.2 Å². The van der Waals surface area contributed by atoms with Crippen molar-refractivity contribution in [2.75, 3.05) is 0 Å². The van der Waals surface area contributed by atoms with Crippen molar-refractivity contribution in [3.8, 4) is 17.6 Å². The molecule has 0 N–H and O–H groups in total. The molecule has 1 aromatic heterocycles. The molecule has 4 nitrogen and oxygen atoms in total. The topological polar surface area (TPSA) is 55.1 Å². The maximum atomic E-state index is 9.05. The molecule has 0 amide bonds. The Hall–Kier alpha value is -2.54.